The summed E-state index contributed by atoms with van der Waals surface area (Å²) in [6.07, 6.45) is 2.42. The topological polar surface area (TPSA) is 74.0 Å². The second-order valence-corrected chi connectivity index (χ2v) is 6.21. The highest BCUT2D eigenvalue weighted by Crippen LogP contribution is 2.40. The van der Waals surface area contributed by atoms with Crippen molar-refractivity contribution < 1.29 is 4.79 Å². The molecule has 100 valence electrons. The Morgan fingerprint density at radius 2 is 2.22 bits per heavy atom. The van der Waals surface area contributed by atoms with Gasteiger partial charge in [-0.15, -0.1) is 0 Å². The molecule has 1 aliphatic rings. The van der Waals surface area contributed by atoms with Gasteiger partial charge in [-0.05, 0) is 36.8 Å². The van der Waals surface area contributed by atoms with Crippen molar-refractivity contribution in [3.8, 4) is 0 Å². The second kappa shape index (κ2) is 4.43. The number of aryl methyl sites for hydroxylation is 1. The van der Waals surface area contributed by atoms with Gasteiger partial charge in [0.1, 0.15) is 0 Å². The van der Waals surface area contributed by atoms with E-state index in [-0.39, 0.29) is 17.4 Å². The number of aromatic nitrogens is 1. The van der Waals surface area contributed by atoms with Crippen LogP contribution >= 0.6 is 0 Å². The molecule has 0 radical (unpaired) electrons. The third-order valence-corrected chi connectivity index (χ3v) is 3.85. The number of hydrogen-bond donors (Lipinski definition) is 2. The molecule has 0 aromatic carbocycles. The van der Waals surface area contributed by atoms with Gasteiger partial charge in [0.25, 0.3) is 0 Å². The molecule has 1 aromatic rings. The zero-order valence-electron chi connectivity index (χ0n) is 11.5. The van der Waals surface area contributed by atoms with Crippen molar-refractivity contribution in [3.63, 3.8) is 0 Å². The number of carbonyl (C=O) groups is 1. The Kier molecular flexibility index (Phi) is 3.23. The number of hydrogen-bond acceptors (Lipinski definition) is 2. The lowest BCUT2D eigenvalue weighted by Gasteiger charge is -2.34. The lowest BCUT2D eigenvalue weighted by atomic mass is 9.74. The van der Waals surface area contributed by atoms with Gasteiger partial charge >= 0.3 is 0 Å². The minimum Gasteiger partial charge on any atom is -0.370 e. The van der Waals surface area contributed by atoms with E-state index in [0.717, 1.165) is 12.8 Å². The number of rotatable bonds is 3. The first-order valence-electron chi connectivity index (χ1n) is 6.53. The van der Waals surface area contributed by atoms with Crippen molar-refractivity contribution in [2.45, 2.75) is 52.6 Å². The molecule has 1 aliphatic carbocycles. The van der Waals surface area contributed by atoms with E-state index in [4.69, 9.17) is 11.5 Å². The molecule has 0 spiro atoms. The smallest absolute Gasteiger partial charge is 0.219 e. The molecule has 18 heavy (non-hydrogen) atoms. The van der Waals surface area contributed by atoms with Gasteiger partial charge in [-0.1, -0.05) is 13.8 Å². The third kappa shape index (κ3) is 2.43. The van der Waals surface area contributed by atoms with Crippen LogP contribution in [0.4, 0.5) is 0 Å². The Labute approximate surface area is 108 Å². The van der Waals surface area contributed by atoms with Crippen LogP contribution in [0, 0.1) is 12.3 Å². The Bertz CT molecular complexity index is 474. The van der Waals surface area contributed by atoms with Gasteiger partial charge < -0.3 is 16.0 Å². The van der Waals surface area contributed by atoms with Gasteiger partial charge in [0.05, 0.1) is 0 Å². The van der Waals surface area contributed by atoms with E-state index in [1.807, 2.05) is 0 Å². The molecule has 1 atom stereocenters. The maximum Gasteiger partial charge on any atom is 0.219 e. The summed E-state index contributed by atoms with van der Waals surface area (Å²) in [5.41, 5.74) is 15.4. The average Bonchev–Trinajstić information content (AvgIpc) is 2.50. The Morgan fingerprint density at radius 1 is 1.56 bits per heavy atom. The summed E-state index contributed by atoms with van der Waals surface area (Å²) in [5, 5.41) is 0. The first-order valence-corrected chi connectivity index (χ1v) is 6.53. The quantitative estimate of drug-likeness (QED) is 0.854. The van der Waals surface area contributed by atoms with Crippen LogP contribution in [0.2, 0.25) is 0 Å². The van der Waals surface area contributed by atoms with Crippen LogP contribution in [0.1, 0.15) is 49.7 Å². The van der Waals surface area contributed by atoms with E-state index in [9.17, 15) is 4.79 Å². The molecule has 0 bridgehead atoms. The van der Waals surface area contributed by atoms with Crippen LogP contribution in [0.3, 0.4) is 0 Å². The van der Waals surface area contributed by atoms with Gasteiger partial charge in [0.15, 0.2) is 0 Å². The fraction of sp³-hybridized carbons (Fsp3) is 0.643. The van der Waals surface area contributed by atoms with E-state index >= 15 is 0 Å². The number of nitrogens with two attached hydrogens (primary N) is 2. The van der Waals surface area contributed by atoms with Gasteiger partial charge in [-0.3, -0.25) is 4.79 Å². The highest BCUT2D eigenvalue weighted by atomic mass is 16.1. The summed E-state index contributed by atoms with van der Waals surface area (Å²) >= 11 is 0. The SMILES string of the molecule is Cc1cc2c(n1CCC(N)=O)CC(C)(C)CC2N. The van der Waals surface area contributed by atoms with Crippen molar-refractivity contribution in [2.75, 3.05) is 0 Å². The fourth-order valence-corrected chi connectivity index (χ4v) is 3.04. The molecule has 0 saturated heterocycles. The molecule has 0 fully saturated rings. The number of nitrogens with zero attached hydrogens (tertiary/aromatic N) is 1. The van der Waals surface area contributed by atoms with E-state index in [2.05, 4.69) is 31.4 Å². The summed E-state index contributed by atoms with van der Waals surface area (Å²) in [6, 6.07) is 2.27. The van der Waals surface area contributed by atoms with Crippen LogP contribution in [-0.4, -0.2) is 10.5 Å². The highest BCUT2D eigenvalue weighted by Gasteiger charge is 2.33. The Morgan fingerprint density at radius 3 is 2.83 bits per heavy atom. The molecule has 1 aromatic heterocycles. The van der Waals surface area contributed by atoms with Crippen molar-refractivity contribution in [1.82, 2.24) is 4.57 Å². The predicted molar refractivity (Wildman–Crippen MR) is 72.0 cm³/mol. The first-order chi connectivity index (χ1) is 8.30. The molecular weight excluding hydrogens is 226 g/mol. The van der Waals surface area contributed by atoms with Crippen molar-refractivity contribution in [1.29, 1.82) is 0 Å². The summed E-state index contributed by atoms with van der Waals surface area (Å²) in [7, 11) is 0. The van der Waals surface area contributed by atoms with Gasteiger partial charge in [-0.25, -0.2) is 0 Å². The summed E-state index contributed by atoms with van der Waals surface area (Å²) in [5.74, 6) is -0.254. The standard InChI is InChI=1S/C14H23N3O/c1-9-6-10-11(15)7-14(2,3)8-12(10)17(9)5-4-13(16)18/h6,11H,4-5,7-8,15H2,1-3H3,(H2,16,18). The highest BCUT2D eigenvalue weighted by molar-refractivity contribution is 5.73. The van der Waals surface area contributed by atoms with Crippen LogP contribution in [0.5, 0.6) is 0 Å². The van der Waals surface area contributed by atoms with Gasteiger partial charge in [-0.2, -0.15) is 0 Å². The van der Waals surface area contributed by atoms with E-state index in [1.54, 1.807) is 0 Å². The third-order valence-electron chi connectivity index (χ3n) is 3.85. The molecule has 4 heteroatoms. The monoisotopic (exact) mass is 249 g/mol. The molecule has 1 heterocycles. The number of fused-ring (bicyclic) bond motifs is 1. The minimum absolute atomic E-state index is 0.109. The number of amides is 1. The zero-order chi connectivity index (χ0) is 13.5. The fourth-order valence-electron chi connectivity index (χ4n) is 3.04. The van der Waals surface area contributed by atoms with E-state index in [0.29, 0.717) is 13.0 Å². The molecule has 4 N–H and O–H groups in total. The molecule has 0 aliphatic heterocycles. The summed E-state index contributed by atoms with van der Waals surface area (Å²) < 4.78 is 2.21. The van der Waals surface area contributed by atoms with Crippen LogP contribution in [0.15, 0.2) is 6.07 Å². The summed E-state index contributed by atoms with van der Waals surface area (Å²) in [6.45, 7) is 7.23. The van der Waals surface area contributed by atoms with Gasteiger partial charge in [0, 0.05) is 30.4 Å². The molecule has 1 unspecified atom stereocenters. The second-order valence-electron chi connectivity index (χ2n) is 6.21. The zero-order valence-corrected chi connectivity index (χ0v) is 11.5. The van der Waals surface area contributed by atoms with Crippen LogP contribution in [-0.2, 0) is 17.8 Å². The van der Waals surface area contributed by atoms with Crippen molar-refractivity contribution >= 4 is 5.91 Å². The molecule has 1 amide bonds. The van der Waals surface area contributed by atoms with Crippen LogP contribution < -0.4 is 11.5 Å². The molecule has 4 nitrogen and oxygen atoms in total. The number of carbonyl (C=O) groups excluding carboxylic acids is 1. The van der Waals surface area contributed by atoms with E-state index in [1.165, 1.54) is 17.0 Å². The van der Waals surface area contributed by atoms with Crippen molar-refractivity contribution in [3.05, 3.63) is 23.0 Å². The average molecular weight is 249 g/mol. The van der Waals surface area contributed by atoms with Gasteiger partial charge in [0.2, 0.25) is 5.91 Å². The predicted octanol–water partition coefficient (Wildman–Crippen LogP) is 1.64. The normalized spacial score (nSPS) is 21.7. The minimum atomic E-state index is -0.254. The van der Waals surface area contributed by atoms with Crippen LogP contribution in [0.25, 0.3) is 0 Å². The molecule has 2 rings (SSSR count). The molecule has 0 saturated carbocycles. The lowest BCUT2D eigenvalue weighted by molar-refractivity contribution is -0.118. The maximum atomic E-state index is 10.9. The Hall–Kier alpha value is -1.29. The maximum absolute atomic E-state index is 10.9. The first kappa shape index (κ1) is 13.1. The Balaban J connectivity index is 2.35. The largest absolute Gasteiger partial charge is 0.370 e. The lowest BCUT2D eigenvalue weighted by Crippen LogP contribution is -2.30. The summed E-state index contributed by atoms with van der Waals surface area (Å²) in [4.78, 5) is 10.9. The molecular formula is C14H23N3O. The van der Waals surface area contributed by atoms with E-state index < -0.39 is 0 Å². The number of primary amides is 1. The van der Waals surface area contributed by atoms with Crippen molar-refractivity contribution in [2.24, 2.45) is 16.9 Å².